The molecule has 0 bridgehead atoms. The van der Waals surface area contributed by atoms with E-state index in [4.69, 9.17) is 4.74 Å². The Balaban J connectivity index is 1.94. The molecule has 0 amide bonds. The second-order valence-electron chi connectivity index (χ2n) is 4.33. The first-order chi connectivity index (χ1) is 9.70. The quantitative estimate of drug-likeness (QED) is 0.598. The lowest BCUT2D eigenvalue weighted by Crippen LogP contribution is -2.04. The Hall–Kier alpha value is -2.43. The van der Waals surface area contributed by atoms with Gasteiger partial charge < -0.3 is 4.74 Å². The van der Waals surface area contributed by atoms with Gasteiger partial charge in [-0.3, -0.25) is 15.1 Å². The highest BCUT2D eigenvalue weighted by molar-refractivity contribution is 5.45. The molecule has 20 heavy (non-hydrogen) atoms. The smallest absolute Gasteiger partial charge is 0.310 e. The summed E-state index contributed by atoms with van der Waals surface area (Å²) in [5, 5.41) is 10.8. The standard InChI is InChI=1S/C15H16N2O3/c1-2-12-7-8-13(16-11-12)9-10-20-15-6-4-3-5-14(15)17(18)19/h3-8,11H,2,9-10H2,1H3. The molecule has 0 aliphatic carbocycles. The number of ether oxygens (including phenoxy) is 1. The Morgan fingerprint density at radius 3 is 2.70 bits per heavy atom. The van der Waals surface area contributed by atoms with Crippen LogP contribution in [-0.2, 0) is 12.8 Å². The van der Waals surface area contributed by atoms with Gasteiger partial charge in [0.05, 0.1) is 11.5 Å². The average Bonchev–Trinajstić information content (AvgIpc) is 2.48. The SMILES string of the molecule is CCc1ccc(CCOc2ccccc2[N+](=O)[O-])nc1. The van der Waals surface area contributed by atoms with Crippen molar-refractivity contribution in [3.63, 3.8) is 0 Å². The molecule has 0 aliphatic rings. The summed E-state index contributed by atoms with van der Waals surface area (Å²) in [4.78, 5) is 14.7. The van der Waals surface area contributed by atoms with Gasteiger partial charge in [-0.05, 0) is 24.1 Å². The molecule has 2 rings (SSSR count). The normalized spacial score (nSPS) is 10.2. The van der Waals surface area contributed by atoms with E-state index in [0.717, 1.165) is 12.1 Å². The molecule has 0 radical (unpaired) electrons. The second-order valence-corrected chi connectivity index (χ2v) is 4.33. The molecule has 0 saturated carbocycles. The van der Waals surface area contributed by atoms with Gasteiger partial charge in [0.25, 0.3) is 0 Å². The number of nitro groups is 1. The van der Waals surface area contributed by atoms with Crippen molar-refractivity contribution in [2.24, 2.45) is 0 Å². The first-order valence-electron chi connectivity index (χ1n) is 6.50. The van der Waals surface area contributed by atoms with Gasteiger partial charge in [-0.25, -0.2) is 0 Å². The van der Waals surface area contributed by atoms with Crippen LogP contribution in [-0.4, -0.2) is 16.5 Å². The van der Waals surface area contributed by atoms with E-state index < -0.39 is 4.92 Å². The van der Waals surface area contributed by atoms with Crippen molar-refractivity contribution in [1.29, 1.82) is 0 Å². The summed E-state index contributed by atoms with van der Waals surface area (Å²) in [6.07, 6.45) is 3.43. The zero-order chi connectivity index (χ0) is 14.4. The molecule has 0 N–H and O–H groups in total. The number of nitrogens with zero attached hydrogens (tertiary/aromatic N) is 2. The molecule has 0 unspecified atom stereocenters. The van der Waals surface area contributed by atoms with Crippen LogP contribution in [0.3, 0.4) is 0 Å². The highest BCUT2D eigenvalue weighted by Gasteiger charge is 2.13. The van der Waals surface area contributed by atoms with Crippen molar-refractivity contribution >= 4 is 5.69 Å². The van der Waals surface area contributed by atoms with Crippen LogP contribution in [0, 0.1) is 10.1 Å². The summed E-state index contributed by atoms with van der Waals surface area (Å²) in [6.45, 7) is 2.44. The van der Waals surface area contributed by atoms with Crippen molar-refractivity contribution in [2.75, 3.05) is 6.61 Å². The summed E-state index contributed by atoms with van der Waals surface area (Å²) in [6, 6.07) is 10.4. The lowest BCUT2D eigenvalue weighted by Gasteiger charge is -2.06. The fourth-order valence-corrected chi connectivity index (χ4v) is 1.81. The molecule has 1 aromatic heterocycles. The van der Waals surface area contributed by atoms with Gasteiger partial charge in [-0.15, -0.1) is 0 Å². The van der Waals surface area contributed by atoms with E-state index in [-0.39, 0.29) is 5.69 Å². The van der Waals surface area contributed by atoms with E-state index in [9.17, 15) is 10.1 Å². The molecule has 0 spiro atoms. The number of nitro benzene ring substituents is 1. The molecule has 5 heteroatoms. The molecular weight excluding hydrogens is 256 g/mol. The summed E-state index contributed by atoms with van der Waals surface area (Å²) in [5.74, 6) is 0.294. The Kier molecular flexibility index (Phi) is 4.65. The van der Waals surface area contributed by atoms with Crippen LogP contribution in [0.2, 0.25) is 0 Å². The molecule has 2 aromatic rings. The van der Waals surface area contributed by atoms with Crippen molar-refractivity contribution in [2.45, 2.75) is 19.8 Å². The first kappa shape index (κ1) is 14.0. The minimum Gasteiger partial charge on any atom is -0.486 e. The molecule has 0 aliphatic heterocycles. The Bertz CT molecular complexity index is 582. The third-order valence-corrected chi connectivity index (χ3v) is 2.97. The maximum Gasteiger partial charge on any atom is 0.310 e. The van der Waals surface area contributed by atoms with Crippen LogP contribution in [0.4, 0.5) is 5.69 Å². The number of hydrogen-bond acceptors (Lipinski definition) is 4. The topological polar surface area (TPSA) is 65.3 Å². The summed E-state index contributed by atoms with van der Waals surface area (Å²) in [7, 11) is 0. The van der Waals surface area contributed by atoms with Crippen molar-refractivity contribution < 1.29 is 9.66 Å². The molecule has 5 nitrogen and oxygen atoms in total. The fourth-order valence-electron chi connectivity index (χ4n) is 1.81. The number of benzene rings is 1. The van der Waals surface area contributed by atoms with Crippen molar-refractivity contribution in [3.8, 4) is 5.75 Å². The fraction of sp³-hybridized carbons (Fsp3) is 0.267. The molecule has 0 atom stereocenters. The van der Waals surface area contributed by atoms with Crippen molar-refractivity contribution in [3.05, 3.63) is 64.0 Å². The third-order valence-electron chi connectivity index (χ3n) is 2.97. The Morgan fingerprint density at radius 1 is 1.25 bits per heavy atom. The summed E-state index contributed by atoms with van der Waals surface area (Å²) < 4.78 is 5.48. The number of pyridine rings is 1. The first-order valence-corrected chi connectivity index (χ1v) is 6.50. The van der Waals surface area contributed by atoms with Gasteiger partial charge in [0.2, 0.25) is 0 Å². The van der Waals surface area contributed by atoms with Gasteiger partial charge in [-0.2, -0.15) is 0 Å². The second kappa shape index (κ2) is 6.65. The minimum atomic E-state index is -0.441. The van der Waals surface area contributed by atoms with Crippen LogP contribution < -0.4 is 4.74 Å². The molecule has 1 aromatic carbocycles. The number of hydrogen-bond donors (Lipinski definition) is 0. The summed E-state index contributed by atoms with van der Waals surface area (Å²) >= 11 is 0. The highest BCUT2D eigenvalue weighted by Crippen LogP contribution is 2.25. The monoisotopic (exact) mass is 272 g/mol. The largest absolute Gasteiger partial charge is 0.486 e. The Labute approximate surface area is 117 Å². The maximum atomic E-state index is 10.8. The molecule has 104 valence electrons. The van der Waals surface area contributed by atoms with E-state index >= 15 is 0 Å². The molecule has 0 saturated heterocycles. The van der Waals surface area contributed by atoms with E-state index in [0.29, 0.717) is 18.8 Å². The van der Waals surface area contributed by atoms with Crippen LogP contribution in [0.15, 0.2) is 42.6 Å². The van der Waals surface area contributed by atoms with E-state index in [2.05, 4.69) is 11.9 Å². The maximum absolute atomic E-state index is 10.8. The van der Waals surface area contributed by atoms with Gasteiger partial charge in [0, 0.05) is 24.4 Å². The van der Waals surface area contributed by atoms with Gasteiger partial charge >= 0.3 is 5.69 Å². The van der Waals surface area contributed by atoms with Crippen LogP contribution in [0.5, 0.6) is 5.75 Å². The Morgan fingerprint density at radius 2 is 2.05 bits per heavy atom. The average molecular weight is 272 g/mol. The van der Waals surface area contributed by atoms with Crippen LogP contribution in [0.1, 0.15) is 18.2 Å². The zero-order valence-electron chi connectivity index (χ0n) is 11.3. The number of para-hydroxylation sites is 2. The van der Waals surface area contributed by atoms with Gasteiger partial charge in [0.15, 0.2) is 5.75 Å². The minimum absolute atomic E-state index is 0.0122. The van der Waals surface area contributed by atoms with Crippen LogP contribution in [0.25, 0.3) is 0 Å². The van der Waals surface area contributed by atoms with Crippen molar-refractivity contribution in [1.82, 2.24) is 4.98 Å². The molecule has 0 fully saturated rings. The number of rotatable bonds is 6. The van der Waals surface area contributed by atoms with E-state index in [1.54, 1.807) is 18.2 Å². The molecule has 1 heterocycles. The number of aryl methyl sites for hydroxylation is 1. The highest BCUT2D eigenvalue weighted by atomic mass is 16.6. The molecular formula is C15H16N2O3. The van der Waals surface area contributed by atoms with E-state index in [1.165, 1.54) is 11.6 Å². The van der Waals surface area contributed by atoms with Gasteiger partial charge in [-0.1, -0.05) is 25.1 Å². The third kappa shape index (κ3) is 3.54. The lowest BCUT2D eigenvalue weighted by atomic mass is 10.2. The zero-order valence-corrected chi connectivity index (χ0v) is 11.3. The predicted octanol–water partition coefficient (Wildman–Crippen LogP) is 3.17. The van der Waals surface area contributed by atoms with Crippen LogP contribution >= 0.6 is 0 Å². The summed E-state index contributed by atoms with van der Waals surface area (Å²) in [5.41, 5.74) is 2.09. The lowest BCUT2D eigenvalue weighted by molar-refractivity contribution is -0.385. The predicted molar refractivity (Wildman–Crippen MR) is 75.9 cm³/mol. The van der Waals surface area contributed by atoms with Gasteiger partial charge in [0.1, 0.15) is 0 Å². The number of aromatic nitrogens is 1. The van der Waals surface area contributed by atoms with E-state index in [1.807, 2.05) is 18.3 Å².